The molecule has 2 saturated carbocycles. The van der Waals surface area contributed by atoms with E-state index in [4.69, 9.17) is 9.47 Å². The summed E-state index contributed by atoms with van der Waals surface area (Å²) in [5, 5.41) is 16.3. The minimum atomic E-state index is -0.256. The van der Waals surface area contributed by atoms with E-state index in [1.165, 1.54) is 31.6 Å². The van der Waals surface area contributed by atoms with Crippen molar-refractivity contribution in [2.24, 2.45) is 16.2 Å². The van der Waals surface area contributed by atoms with E-state index in [1.54, 1.807) is 7.11 Å². The highest BCUT2D eigenvalue weighted by atomic mass is 16.5. The Kier molecular flexibility index (Phi) is 8.29. The first-order valence-electron chi connectivity index (χ1n) is 16.6. The van der Waals surface area contributed by atoms with Gasteiger partial charge in [0.15, 0.2) is 0 Å². The first-order valence-corrected chi connectivity index (χ1v) is 16.6. The summed E-state index contributed by atoms with van der Waals surface area (Å²) in [6.45, 7) is 13.2. The summed E-state index contributed by atoms with van der Waals surface area (Å²) in [7, 11) is 3.53. The van der Waals surface area contributed by atoms with E-state index in [2.05, 4.69) is 60.3 Å². The summed E-state index contributed by atoms with van der Waals surface area (Å²) in [5.74, 6) is 1.46. The van der Waals surface area contributed by atoms with Gasteiger partial charge >= 0.3 is 0 Å². The lowest BCUT2D eigenvalue weighted by atomic mass is 9.49. The van der Waals surface area contributed by atoms with Gasteiger partial charge in [0.2, 0.25) is 0 Å². The van der Waals surface area contributed by atoms with Crippen LogP contribution in [0.1, 0.15) is 76.6 Å². The van der Waals surface area contributed by atoms with E-state index >= 15 is 0 Å². The third-order valence-electron chi connectivity index (χ3n) is 11.4. The molecule has 6 rings (SSSR count). The van der Waals surface area contributed by atoms with Crippen LogP contribution in [0.3, 0.4) is 0 Å². The Labute approximate surface area is 263 Å². The van der Waals surface area contributed by atoms with Gasteiger partial charge in [-0.25, -0.2) is 0 Å². The first-order chi connectivity index (χ1) is 21.0. The number of amides is 1. The maximum absolute atomic E-state index is 13.4. The SMILES string of the molecule is CNc1ccc(OC2C(C)(C)C(NC(=O)c3ccc(N4CC5(CCN(C6CCC(O)CC6)CC5)C4)cc3)C2(C)C)cc1OC. The fourth-order valence-electron chi connectivity index (χ4n) is 8.97. The van der Waals surface area contributed by atoms with Crippen molar-refractivity contribution >= 4 is 17.3 Å². The lowest BCUT2D eigenvalue weighted by molar-refractivity contribution is -0.164. The standard InChI is InChI=1S/C36H52N4O4/c1-34(2)32(35(3,4)33(34)44-28-15-16-29(37-5)30(21-28)43-6)38-31(42)24-7-9-26(10-8-24)40-22-36(23-40)17-19-39(20-18-36)25-11-13-27(41)14-12-25/h7-10,15-16,21,25,27,32-33,37,41H,11-14,17-20,22-23H2,1-6H3,(H,38,42). The quantitative estimate of drug-likeness (QED) is 0.364. The van der Waals surface area contributed by atoms with Crippen molar-refractivity contribution in [1.82, 2.24) is 10.2 Å². The number of likely N-dealkylation sites (tertiary alicyclic amines) is 1. The molecule has 3 N–H and O–H groups in total. The zero-order valence-corrected chi connectivity index (χ0v) is 27.5. The van der Waals surface area contributed by atoms with Gasteiger partial charge < -0.3 is 35.0 Å². The number of methoxy groups -OCH3 is 1. The van der Waals surface area contributed by atoms with Gasteiger partial charge in [-0.2, -0.15) is 0 Å². The van der Waals surface area contributed by atoms with Gasteiger partial charge in [0.05, 0.1) is 18.9 Å². The van der Waals surface area contributed by atoms with Crippen molar-refractivity contribution in [2.45, 2.75) is 90.5 Å². The van der Waals surface area contributed by atoms with Crippen molar-refractivity contribution in [1.29, 1.82) is 0 Å². The van der Waals surface area contributed by atoms with Crippen LogP contribution in [0.25, 0.3) is 0 Å². The summed E-state index contributed by atoms with van der Waals surface area (Å²) < 4.78 is 12.0. The Bertz CT molecular complexity index is 1300. The highest BCUT2D eigenvalue weighted by Gasteiger charge is 2.64. The molecule has 2 aromatic carbocycles. The molecule has 8 heteroatoms. The van der Waals surface area contributed by atoms with Gasteiger partial charge in [-0.3, -0.25) is 4.79 Å². The Morgan fingerprint density at radius 2 is 1.57 bits per heavy atom. The second-order valence-electron chi connectivity index (χ2n) is 15.1. The molecule has 2 aromatic rings. The van der Waals surface area contributed by atoms with E-state index in [0.29, 0.717) is 17.0 Å². The number of benzene rings is 2. The molecule has 240 valence electrons. The van der Waals surface area contributed by atoms with E-state index < -0.39 is 0 Å². The molecule has 44 heavy (non-hydrogen) atoms. The minimum absolute atomic E-state index is 0.0366. The largest absolute Gasteiger partial charge is 0.494 e. The molecule has 0 radical (unpaired) electrons. The average Bonchev–Trinajstić information content (AvgIpc) is 3.01. The van der Waals surface area contributed by atoms with Gasteiger partial charge in [0.1, 0.15) is 17.6 Å². The maximum atomic E-state index is 13.4. The number of nitrogens with one attached hydrogen (secondary N) is 2. The summed E-state index contributed by atoms with van der Waals surface area (Å²) in [6.07, 6.45) is 6.57. The second-order valence-corrected chi connectivity index (χ2v) is 15.1. The molecule has 0 aromatic heterocycles. The topological polar surface area (TPSA) is 86.3 Å². The van der Waals surface area contributed by atoms with Crippen molar-refractivity contribution in [3.05, 3.63) is 48.0 Å². The number of rotatable bonds is 8. The number of hydrogen-bond donors (Lipinski definition) is 3. The number of carbonyl (C=O) groups excluding carboxylic acids is 1. The fourth-order valence-corrected chi connectivity index (χ4v) is 8.97. The molecule has 2 aliphatic heterocycles. The molecule has 4 fully saturated rings. The van der Waals surface area contributed by atoms with Crippen molar-refractivity contribution in [2.75, 3.05) is 50.6 Å². The highest BCUT2D eigenvalue weighted by Crippen LogP contribution is 2.56. The molecule has 1 spiro atoms. The molecule has 1 amide bonds. The Balaban J connectivity index is 1.01. The summed E-state index contributed by atoms with van der Waals surface area (Å²) in [4.78, 5) is 18.6. The van der Waals surface area contributed by atoms with Crippen LogP contribution in [0.4, 0.5) is 11.4 Å². The number of nitrogens with zero attached hydrogens (tertiary/aromatic N) is 2. The molecule has 2 aliphatic carbocycles. The summed E-state index contributed by atoms with van der Waals surface area (Å²) in [5.41, 5.74) is 2.73. The monoisotopic (exact) mass is 604 g/mol. The van der Waals surface area contributed by atoms with Gasteiger partial charge in [-0.15, -0.1) is 0 Å². The first kappa shape index (κ1) is 31.0. The van der Waals surface area contributed by atoms with E-state index in [1.807, 2.05) is 37.4 Å². The van der Waals surface area contributed by atoms with Crippen LogP contribution in [-0.4, -0.2) is 80.5 Å². The lowest BCUT2D eigenvalue weighted by Gasteiger charge is -2.63. The molecule has 4 aliphatic rings. The summed E-state index contributed by atoms with van der Waals surface area (Å²) >= 11 is 0. The maximum Gasteiger partial charge on any atom is 0.251 e. The van der Waals surface area contributed by atoms with Crippen LogP contribution in [0.2, 0.25) is 0 Å². The third kappa shape index (κ3) is 5.64. The van der Waals surface area contributed by atoms with Crippen LogP contribution >= 0.6 is 0 Å². The lowest BCUT2D eigenvalue weighted by Crippen LogP contribution is -2.74. The van der Waals surface area contributed by atoms with E-state index in [9.17, 15) is 9.90 Å². The van der Waals surface area contributed by atoms with Crippen molar-refractivity contribution < 1.29 is 19.4 Å². The zero-order valence-electron chi connectivity index (χ0n) is 27.5. The van der Waals surface area contributed by atoms with Crippen LogP contribution < -0.4 is 25.0 Å². The van der Waals surface area contributed by atoms with Gasteiger partial charge in [0.25, 0.3) is 5.91 Å². The molecule has 2 heterocycles. The van der Waals surface area contributed by atoms with Gasteiger partial charge in [-0.05, 0) is 88.0 Å². The van der Waals surface area contributed by atoms with Crippen molar-refractivity contribution in [3.63, 3.8) is 0 Å². The molecule has 0 unspecified atom stereocenters. The van der Waals surface area contributed by atoms with Gasteiger partial charge in [-0.1, -0.05) is 27.7 Å². The van der Waals surface area contributed by atoms with Crippen LogP contribution in [-0.2, 0) is 0 Å². The number of aliphatic hydroxyl groups is 1. The second kappa shape index (κ2) is 11.8. The number of piperidine rings is 1. The molecular formula is C36H52N4O4. The molecule has 2 saturated heterocycles. The zero-order chi connectivity index (χ0) is 31.3. The predicted octanol–water partition coefficient (Wildman–Crippen LogP) is 5.55. The van der Waals surface area contributed by atoms with Crippen LogP contribution in [0.15, 0.2) is 42.5 Å². The fraction of sp³-hybridized carbons (Fsp3) is 0.639. The van der Waals surface area contributed by atoms with E-state index in [0.717, 1.165) is 56.0 Å². The Morgan fingerprint density at radius 1 is 0.932 bits per heavy atom. The highest BCUT2D eigenvalue weighted by molar-refractivity contribution is 5.95. The van der Waals surface area contributed by atoms with Gasteiger partial charge in [0, 0.05) is 65.8 Å². The van der Waals surface area contributed by atoms with E-state index in [-0.39, 0.29) is 35.0 Å². The smallest absolute Gasteiger partial charge is 0.251 e. The number of ether oxygens (including phenoxy) is 2. The molecule has 8 nitrogen and oxygen atoms in total. The number of aliphatic hydroxyl groups excluding tert-OH is 1. The Morgan fingerprint density at radius 3 is 2.16 bits per heavy atom. The number of carbonyl (C=O) groups is 1. The number of hydrogen-bond acceptors (Lipinski definition) is 7. The third-order valence-corrected chi connectivity index (χ3v) is 11.4. The van der Waals surface area contributed by atoms with Crippen LogP contribution in [0.5, 0.6) is 11.5 Å². The summed E-state index contributed by atoms with van der Waals surface area (Å²) in [6, 6.07) is 14.6. The van der Waals surface area contributed by atoms with Crippen LogP contribution in [0, 0.1) is 16.2 Å². The predicted molar refractivity (Wildman–Crippen MR) is 176 cm³/mol. The van der Waals surface area contributed by atoms with Crippen molar-refractivity contribution in [3.8, 4) is 11.5 Å². The molecule has 0 atom stereocenters. The average molecular weight is 605 g/mol. The Hall–Kier alpha value is -2.97. The molecular weight excluding hydrogens is 552 g/mol. The number of anilines is 2. The molecule has 0 bridgehead atoms. The minimum Gasteiger partial charge on any atom is -0.494 e. The normalized spacial score (nSPS) is 28.8.